The highest BCUT2D eigenvalue weighted by Crippen LogP contribution is 2.24. The zero-order valence-corrected chi connectivity index (χ0v) is 14.3. The summed E-state index contributed by atoms with van der Waals surface area (Å²) in [7, 11) is 1.95. The molecule has 3 rings (SSSR count). The van der Waals surface area contributed by atoms with Gasteiger partial charge in [-0.2, -0.15) is 0 Å². The van der Waals surface area contributed by atoms with Crippen LogP contribution in [0.4, 0.5) is 5.13 Å². The van der Waals surface area contributed by atoms with Crippen LogP contribution in [0.25, 0.3) is 11.3 Å². The van der Waals surface area contributed by atoms with Gasteiger partial charge < -0.3 is 4.57 Å². The molecular weight excluding hydrogens is 330 g/mol. The van der Waals surface area contributed by atoms with Gasteiger partial charge in [-0.3, -0.25) is 10.1 Å². The average molecular weight is 345 g/mol. The van der Waals surface area contributed by atoms with E-state index in [0.29, 0.717) is 5.13 Å². The molecule has 0 saturated heterocycles. The van der Waals surface area contributed by atoms with Crippen LogP contribution in [0.2, 0.25) is 0 Å². The molecule has 0 aliphatic carbocycles. The van der Waals surface area contributed by atoms with Crippen molar-refractivity contribution < 1.29 is 4.79 Å². The minimum atomic E-state index is -0.115. The van der Waals surface area contributed by atoms with E-state index >= 15 is 0 Å². The summed E-state index contributed by atoms with van der Waals surface area (Å²) in [6.45, 7) is 1.85. The van der Waals surface area contributed by atoms with Gasteiger partial charge in [0.1, 0.15) is 5.01 Å². The van der Waals surface area contributed by atoms with Gasteiger partial charge in [-0.1, -0.05) is 53.4 Å². The Balaban J connectivity index is 1.63. The Kier molecular flexibility index (Phi) is 4.73. The first-order valence-corrected chi connectivity index (χ1v) is 8.73. The molecule has 2 aromatic heterocycles. The fourth-order valence-electron chi connectivity index (χ4n) is 2.04. The predicted octanol–water partition coefficient (Wildman–Crippen LogP) is 2.98. The van der Waals surface area contributed by atoms with E-state index in [-0.39, 0.29) is 11.7 Å². The minimum absolute atomic E-state index is 0.115. The topological polar surface area (TPSA) is 72.7 Å². The lowest BCUT2D eigenvalue weighted by Gasteiger charge is -2.05. The van der Waals surface area contributed by atoms with Crippen LogP contribution < -0.4 is 5.32 Å². The summed E-state index contributed by atoms with van der Waals surface area (Å²) in [6.07, 6.45) is 1.82. The molecule has 2 heterocycles. The maximum absolute atomic E-state index is 12.0. The average Bonchev–Trinajstić information content (AvgIpc) is 3.12. The highest BCUT2D eigenvalue weighted by atomic mass is 32.2. The second-order valence-electron chi connectivity index (χ2n) is 4.81. The predicted molar refractivity (Wildman–Crippen MR) is 92.6 cm³/mol. The minimum Gasteiger partial charge on any atom is -0.322 e. The lowest BCUT2D eigenvalue weighted by Crippen LogP contribution is -2.14. The molecule has 1 N–H and O–H groups in total. The number of carbonyl (C=O) groups excluding carboxylic acids is 1. The van der Waals surface area contributed by atoms with Crippen LogP contribution in [0.3, 0.4) is 0 Å². The maximum atomic E-state index is 12.0. The van der Waals surface area contributed by atoms with Gasteiger partial charge in [0.25, 0.3) is 0 Å². The number of amides is 1. The molecule has 8 heteroatoms. The van der Waals surface area contributed by atoms with Crippen molar-refractivity contribution in [2.75, 3.05) is 11.1 Å². The first-order chi connectivity index (χ1) is 11.1. The maximum Gasteiger partial charge on any atom is 0.236 e. The largest absolute Gasteiger partial charge is 0.322 e. The van der Waals surface area contributed by atoms with E-state index in [4.69, 9.17) is 0 Å². The van der Waals surface area contributed by atoms with Crippen LogP contribution in [0, 0.1) is 6.92 Å². The van der Waals surface area contributed by atoms with Crippen molar-refractivity contribution in [2.45, 2.75) is 12.1 Å². The Morgan fingerprint density at radius 3 is 2.78 bits per heavy atom. The summed E-state index contributed by atoms with van der Waals surface area (Å²) in [6, 6.07) is 10.0. The first kappa shape index (κ1) is 15.7. The summed E-state index contributed by atoms with van der Waals surface area (Å²) in [5, 5.41) is 12.6. The van der Waals surface area contributed by atoms with Gasteiger partial charge in [0.15, 0.2) is 5.16 Å². The first-order valence-electron chi connectivity index (χ1n) is 6.93. The van der Waals surface area contributed by atoms with Crippen LogP contribution >= 0.6 is 23.1 Å². The number of hydrogen-bond acceptors (Lipinski definition) is 6. The zero-order valence-electron chi connectivity index (χ0n) is 12.7. The van der Waals surface area contributed by atoms with Crippen LogP contribution in [-0.2, 0) is 11.8 Å². The number of imidazole rings is 1. The van der Waals surface area contributed by atoms with Gasteiger partial charge >= 0.3 is 0 Å². The fraction of sp³-hybridized carbons (Fsp3) is 0.200. The number of aryl methyl sites for hydroxylation is 1. The van der Waals surface area contributed by atoms with Crippen LogP contribution in [0.5, 0.6) is 0 Å². The van der Waals surface area contributed by atoms with Crippen molar-refractivity contribution in [1.29, 1.82) is 0 Å². The Hall–Kier alpha value is -2.19. The molecule has 0 saturated carbocycles. The standard InChI is InChI=1S/C15H15N5OS2/c1-10-18-19-14(23-10)17-13(21)9-22-15-16-8-12(20(15)2)11-6-4-3-5-7-11/h3-8H,9H2,1-2H3,(H,17,19,21). The third-order valence-corrected chi connectivity index (χ3v) is 4.92. The summed E-state index contributed by atoms with van der Waals surface area (Å²) >= 11 is 2.75. The molecule has 6 nitrogen and oxygen atoms in total. The summed E-state index contributed by atoms with van der Waals surface area (Å²) < 4.78 is 1.99. The fourth-order valence-corrected chi connectivity index (χ4v) is 3.40. The number of hydrogen-bond donors (Lipinski definition) is 1. The van der Waals surface area contributed by atoms with Gasteiger partial charge in [0.05, 0.1) is 17.6 Å². The molecular formula is C15H15N5OS2. The second kappa shape index (κ2) is 6.93. The Morgan fingerprint density at radius 2 is 2.09 bits per heavy atom. The summed E-state index contributed by atoms with van der Waals surface area (Å²) in [4.78, 5) is 16.3. The third kappa shape index (κ3) is 3.77. The van der Waals surface area contributed by atoms with Crippen molar-refractivity contribution >= 4 is 34.1 Å². The Morgan fingerprint density at radius 1 is 1.30 bits per heavy atom. The van der Waals surface area contributed by atoms with Gasteiger partial charge in [-0.25, -0.2) is 4.98 Å². The van der Waals surface area contributed by atoms with Gasteiger partial charge in [-0.15, -0.1) is 10.2 Å². The van der Waals surface area contributed by atoms with E-state index in [0.717, 1.165) is 21.4 Å². The molecule has 23 heavy (non-hydrogen) atoms. The van der Waals surface area contributed by atoms with E-state index in [1.165, 1.54) is 23.1 Å². The molecule has 3 aromatic rings. The van der Waals surface area contributed by atoms with Gasteiger partial charge in [-0.05, 0) is 12.5 Å². The van der Waals surface area contributed by atoms with Crippen LogP contribution in [0.15, 0.2) is 41.7 Å². The van der Waals surface area contributed by atoms with Crippen molar-refractivity contribution in [1.82, 2.24) is 19.7 Å². The van der Waals surface area contributed by atoms with Crippen molar-refractivity contribution in [3.63, 3.8) is 0 Å². The Bertz CT molecular complexity index is 812. The molecule has 0 radical (unpaired) electrons. The van der Waals surface area contributed by atoms with E-state index in [1.807, 2.05) is 55.1 Å². The molecule has 0 spiro atoms. The van der Waals surface area contributed by atoms with Crippen LogP contribution in [-0.4, -0.2) is 31.4 Å². The molecule has 1 amide bonds. The quantitative estimate of drug-likeness (QED) is 0.720. The molecule has 0 atom stereocenters. The summed E-state index contributed by atoms with van der Waals surface area (Å²) in [5.74, 6) is 0.160. The molecule has 0 aliphatic heterocycles. The van der Waals surface area contributed by atoms with Gasteiger partial charge in [0.2, 0.25) is 11.0 Å². The molecule has 0 bridgehead atoms. The normalized spacial score (nSPS) is 10.7. The van der Waals surface area contributed by atoms with Crippen LogP contribution in [0.1, 0.15) is 5.01 Å². The highest BCUT2D eigenvalue weighted by molar-refractivity contribution is 7.99. The lowest BCUT2D eigenvalue weighted by molar-refractivity contribution is -0.113. The number of nitrogens with zero attached hydrogens (tertiary/aromatic N) is 4. The molecule has 1 aromatic carbocycles. The van der Waals surface area contributed by atoms with E-state index in [1.54, 1.807) is 0 Å². The number of nitrogens with one attached hydrogen (secondary N) is 1. The number of thioether (sulfide) groups is 1. The third-order valence-electron chi connectivity index (χ3n) is 3.12. The smallest absolute Gasteiger partial charge is 0.236 e. The SMILES string of the molecule is Cc1nnc(NC(=O)CSc2ncc(-c3ccccc3)n2C)s1. The monoisotopic (exact) mass is 345 g/mol. The molecule has 0 unspecified atom stereocenters. The van der Waals surface area contributed by atoms with Crippen molar-refractivity contribution in [2.24, 2.45) is 7.05 Å². The molecule has 118 valence electrons. The number of carbonyl (C=O) groups is 1. The number of anilines is 1. The number of aromatic nitrogens is 4. The van der Waals surface area contributed by atoms with E-state index < -0.39 is 0 Å². The lowest BCUT2D eigenvalue weighted by atomic mass is 10.2. The number of benzene rings is 1. The van der Waals surface area contributed by atoms with E-state index in [9.17, 15) is 4.79 Å². The van der Waals surface area contributed by atoms with Gasteiger partial charge in [0, 0.05) is 7.05 Å². The number of rotatable bonds is 5. The van der Waals surface area contributed by atoms with E-state index in [2.05, 4.69) is 20.5 Å². The zero-order chi connectivity index (χ0) is 16.2. The van der Waals surface area contributed by atoms with Crippen molar-refractivity contribution in [3.05, 3.63) is 41.5 Å². The highest BCUT2D eigenvalue weighted by Gasteiger charge is 2.12. The van der Waals surface area contributed by atoms with Crippen molar-refractivity contribution in [3.8, 4) is 11.3 Å². The molecule has 0 fully saturated rings. The molecule has 0 aliphatic rings. The summed E-state index contributed by atoms with van der Waals surface area (Å²) in [5.41, 5.74) is 2.12. The Labute approximate surface area is 142 Å². The second-order valence-corrected chi connectivity index (χ2v) is 6.94.